The number of hydroxylamine groups is 1. The first-order chi connectivity index (χ1) is 12.6. The van der Waals surface area contributed by atoms with Crippen LogP contribution in [-0.2, 0) is 16.1 Å². The van der Waals surface area contributed by atoms with Gasteiger partial charge in [-0.15, -0.1) is 0 Å². The number of hydrogen-bond donors (Lipinski definition) is 4. The highest BCUT2D eigenvalue weighted by Gasteiger charge is 2.21. The molecule has 2 aromatic rings. The molecule has 1 atom stereocenters. The fourth-order valence-corrected chi connectivity index (χ4v) is 2.71. The highest BCUT2D eigenvalue weighted by Crippen LogP contribution is 2.20. The minimum absolute atomic E-state index is 0.0536. The Balaban J connectivity index is 1.99. The van der Waals surface area contributed by atoms with Gasteiger partial charge in [-0.25, -0.2) is 10.5 Å². The maximum Gasteiger partial charge on any atom is 0.244 e. The standard InChI is InChI=1S/C18H26N4O4/c1-3-5-6-12(9-16(23)22-25)18(24)20-11-17-21-14-8-7-13(19-4-2)10-15(14)26-17/h7-8,10,12,19,25H,3-6,9,11H2,1-2H3,(H,20,24)(H,22,23)/t12-/m1/s1. The first-order valence-corrected chi connectivity index (χ1v) is 8.91. The molecule has 1 aromatic heterocycles. The smallest absolute Gasteiger partial charge is 0.244 e. The van der Waals surface area contributed by atoms with E-state index in [1.807, 2.05) is 32.0 Å². The molecule has 0 radical (unpaired) electrons. The fraction of sp³-hybridized carbons (Fsp3) is 0.500. The SMILES string of the molecule is CCCC[C@H](CC(=O)NO)C(=O)NCc1nc2ccc(NCC)cc2o1. The number of fused-ring (bicyclic) bond motifs is 1. The Labute approximate surface area is 152 Å². The average Bonchev–Trinajstić information content (AvgIpc) is 3.05. The molecule has 4 N–H and O–H groups in total. The van der Waals surface area contributed by atoms with Crippen molar-refractivity contribution in [3.8, 4) is 0 Å². The predicted octanol–water partition coefficient (Wildman–Crippen LogP) is 2.58. The summed E-state index contributed by atoms with van der Waals surface area (Å²) in [6, 6.07) is 5.65. The Morgan fingerprint density at radius 3 is 2.81 bits per heavy atom. The van der Waals surface area contributed by atoms with E-state index in [1.54, 1.807) is 5.48 Å². The van der Waals surface area contributed by atoms with Gasteiger partial charge >= 0.3 is 0 Å². The van der Waals surface area contributed by atoms with Gasteiger partial charge in [-0.3, -0.25) is 14.8 Å². The van der Waals surface area contributed by atoms with E-state index >= 15 is 0 Å². The van der Waals surface area contributed by atoms with Crippen LogP contribution in [0.5, 0.6) is 0 Å². The number of unbranched alkanes of at least 4 members (excludes halogenated alkanes) is 1. The minimum atomic E-state index is -0.570. The van der Waals surface area contributed by atoms with Crippen molar-refractivity contribution in [3.63, 3.8) is 0 Å². The van der Waals surface area contributed by atoms with Crippen LogP contribution in [0.2, 0.25) is 0 Å². The monoisotopic (exact) mass is 362 g/mol. The van der Waals surface area contributed by atoms with E-state index in [0.29, 0.717) is 17.9 Å². The van der Waals surface area contributed by atoms with Crippen LogP contribution in [0, 0.1) is 5.92 Å². The van der Waals surface area contributed by atoms with E-state index in [-0.39, 0.29) is 18.9 Å². The van der Waals surface area contributed by atoms with Gasteiger partial charge in [-0.2, -0.15) is 0 Å². The molecule has 2 rings (SSSR count). The molecule has 0 spiro atoms. The van der Waals surface area contributed by atoms with E-state index in [1.165, 1.54) is 0 Å². The summed E-state index contributed by atoms with van der Waals surface area (Å²) in [5.41, 5.74) is 3.89. The Morgan fingerprint density at radius 1 is 1.31 bits per heavy atom. The third-order valence-corrected chi connectivity index (χ3v) is 4.06. The van der Waals surface area contributed by atoms with Gasteiger partial charge in [-0.1, -0.05) is 19.8 Å². The molecule has 0 saturated carbocycles. The summed E-state index contributed by atoms with van der Waals surface area (Å²) in [6.45, 7) is 4.98. The van der Waals surface area contributed by atoms with Crippen molar-refractivity contribution in [2.24, 2.45) is 5.92 Å². The van der Waals surface area contributed by atoms with Crippen molar-refractivity contribution >= 4 is 28.6 Å². The first kappa shape index (κ1) is 19.7. The Bertz CT molecular complexity index is 744. The van der Waals surface area contributed by atoms with E-state index in [9.17, 15) is 9.59 Å². The van der Waals surface area contributed by atoms with Gasteiger partial charge < -0.3 is 15.1 Å². The van der Waals surface area contributed by atoms with Crippen LogP contribution in [0.1, 0.15) is 45.4 Å². The zero-order valence-electron chi connectivity index (χ0n) is 15.2. The minimum Gasteiger partial charge on any atom is -0.439 e. The molecule has 142 valence electrons. The van der Waals surface area contributed by atoms with Gasteiger partial charge in [0.1, 0.15) is 5.52 Å². The summed E-state index contributed by atoms with van der Waals surface area (Å²) in [6.07, 6.45) is 2.27. The summed E-state index contributed by atoms with van der Waals surface area (Å²) in [4.78, 5) is 28.1. The van der Waals surface area contributed by atoms with Crippen molar-refractivity contribution in [2.45, 2.75) is 46.1 Å². The van der Waals surface area contributed by atoms with Crippen molar-refractivity contribution in [1.29, 1.82) is 0 Å². The van der Waals surface area contributed by atoms with Crippen molar-refractivity contribution < 1.29 is 19.2 Å². The van der Waals surface area contributed by atoms with Crippen molar-refractivity contribution in [2.75, 3.05) is 11.9 Å². The van der Waals surface area contributed by atoms with Crippen LogP contribution >= 0.6 is 0 Å². The summed E-state index contributed by atoms with van der Waals surface area (Å²) in [5.74, 6) is -0.911. The molecule has 1 heterocycles. The van der Waals surface area contributed by atoms with Gasteiger partial charge in [0.2, 0.25) is 17.7 Å². The second kappa shape index (κ2) is 9.76. The van der Waals surface area contributed by atoms with Crippen LogP contribution < -0.4 is 16.1 Å². The maximum atomic E-state index is 12.4. The number of oxazole rings is 1. The first-order valence-electron chi connectivity index (χ1n) is 8.91. The van der Waals surface area contributed by atoms with Crippen LogP contribution in [-0.4, -0.2) is 28.6 Å². The molecule has 0 saturated heterocycles. The Hall–Kier alpha value is -2.61. The van der Waals surface area contributed by atoms with Crippen LogP contribution in [0.3, 0.4) is 0 Å². The molecule has 26 heavy (non-hydrogen) atoms. The number of nitrogens with one attached hydrogen (secondary N) is 3. The summed E-state index contributed by atoms with van der Waals surface area (Å²) in [7, 11) is 0. The highest BCUT2D eigenvalue weighted by atomic mass is 16.5. The van der Waals surface area contributed by atoms with E-state index < -0.39 is 11.8 Å². The number of aromatic nitrogens is 1. The molecule has 0 aliphatic rings. The Kier molecular flexibility index (Phi) is 7.40. The highest BCUT2D eigenvalue weighted by molar-refractivity contribution is 5.85. The van der Waals surface area contributed by atoms with Gasteiger partial charge in [-0.05, 0) is 25.5 Å². The molecule has 1 aromatic carbocycles. The second-order valence-corrected chi connectivity index (χ2v) is 6.12. The molecule has 2 amide bonds. The third kappa shape index (κ3) is 5.45. The summed E-state index contributed by atoms with van der Waals surface area (Å²) in [5, 5.41) is 14.6. The molecule has 8 heteroatoms. The lowest BCUT2D eigenvalue weighted by Gasteiger charge is -2.14. The molecule has 0 aliphatic carbocycles. The summed E-state index contributed by atoms with van der Waals surface area (Å²) >= 11 is 0. The van der Waals surface area contributed by atoms with Crippen molar-refractivity contribution in [1.82, 2.24) is 15.8 Å². The van der Waals surface area contributed by atoms with E-state index in [4.69, 9.17) is 9.62 Å². The number of benzene rings is 1. The molecule has 0 aliphatic heterocycles. The molecular formula is C18H26N4O4. The number of anilines is 1. The molecular weight excluding hydrogens is 336 g/mol. The second-order valence-electron chi connectivity index (χ2n) is 6.12. The number of carbonyl (C=O) groups excluding carboxylic acids is 2. The van der Waals surface area contributed by atoms with Crippen LogP contribution in [0.25, 0.3) is 11.1 Å². The van der Waals surface area contributed by atoms with Crippen LogP contribution in [0.4, 0.5) is 5.69 Å². The Morgan fingerprint density at radius 2 is 2.12 bits per heavy atom. The van der Waals surface area contributed by atoms with E-state index in [2.05, 4.69) is 15.6 Å². The fourth-order valence-electron chi connectivity index (χ4n) is 2.71. The van der Waals surface area contributed by atoms with E-state index in [0.717, 1.165) is 30.6 Å². The molecule has 0 unspecified atom stereocenters. The van der Waals surface area contributed by atoms with Gasteiger partial charge in [0.05, 0.1) is 6.54 Å². The average molecular weight is 362 g/mol. The normalized spacial score (nSPS) is 12.0. The zero-order chi connectivity index (χ0) is 18.9. The number of amides is 2. The quantitative estimate of drug-likeness (QED) is 0.381. The lowest BCUT2D eigenvalue weighted by atomic mass is 9.97. The van der Waals surface area contributed by atoms with Crippen LogP contribution in [0.15, 0.2) is 22.6 Å². The number of nitrogens with zero attached hydrogens (tertiary/aromatic N) is 1. The number of rotatable bonds is 10. The maximum absolute atomic E-state index is 12.4. The topological polar surface area (TPSA) is 116 Å². The van der Waals surface area contributed by atoms with Crippen molar-refractivity contribution in [3.05, 3.63) is 24.1 Å². The lowest BCUT2D eigenvalue weighted by Crippen LogP contribution is -2.34. The molecule has 8 nitrogen and oxygen atoms in total. The lowest BCUT2D eigenvalue weighted by molar-refractivity contribution is -0.135. The number of hydrogen-bond acceptors (Lipinski definition) is 6. The number of carbonyl (C=O) groups is 2. The summed E-state index contributed by atoms with van der Waals surface area (Å²) < 4.78 is 5.68. The van der Waals surface area contributed by atoms with Gasteiger partial charge in [0.15, 0.2) is 5.58 Å². The third-order valence-electron chi connectivity index (χ3n) is 4.06. The van der Waals surface area contributed by atoms with Gasteiger partial charge in [0.25, 0.3) is 0 Å². The molecule has 0 fully saturated rings. The zero-order valence-corrected chi connectivity index (χ0v) is 15.2. The molecule has 0 bridgehead atoms. The largest absolute Gasteiger partial charge is 0.439 e. The predicted molar refractivity (Wildman–Crippen MR) is 97.6 cm³/mol. The van der Waals surface area contributed by atoms with Gasteiger partial charge in [0, 0.05) is 30.6 Å².